The molecule has 1 atom stereocenters. The largest absolute Gasteiger partial charge is 0.462 e. The lowest BCUT2D eigenvalue weighted by Gasteiger charge is -2.20. The van der Waals surface area contributed by atoms with E-state index in [1.165, 1.54) is 5.56 Å². The molecule has 0 radical (unpaired) electrons. The van der Waals surface area contributed by atoms with Gasteiger partial charge in [0.2, 0.25) is 0 Å². The molecule has 0 saturated heterocycles. The topological polar surface area (TPSA) is 77.0 Å². The van der Waals surface area contributed by atoms with Gasteiger partial charge in [0.25, 0.3) is 5.56 Å². The molecule has 3 aromatic rings. The monoisotopic (exact) mass is 449 g/mol. The first-order valence-corrected chi connectivity index (χ1v) is 12.2. The van der Waals surface area contributed by atoms with Gasteiger partial charge in [-0.25, -0.2) is 4.98 Å². The Morgan fingerprint density at radius 3 is 2.70 bits per heavy atom. The van der Waals surface area contributed by atoms with E-state index < -0.39 is 0 Å². The molecule has 0 spiro atoms. The lowest BCUT2D eigenvalue weighted by Crippen LogP contribution is -2.24. The molecule has 0 bridgehead atoms. The number of nitrogens with one attached hydrogen (secondary N) is 1. The van der Waals surface area contributed by atoms with Gasteiger partial charge in [0, 0.05) is 24.4 Å². The van der Waals surface area contributed by atoms with Crippen LogP contribution in [0.1, 0.15) is 63.5 Å². The number of nitrogens with zero attached hydrogens (tertiary/aromatic N) is 2. The second kappa shape index (κ2) is 9.94. The van der Waals surface area contributed by atoms with Crippen molar-refractivity contribution in [1.82, 2.24) is 14.5 Å². The maximum absolute atomic E-state index is 12.9. The van der Waals surface area contributed by atoms with E-state index in [0.717, 1.165) is 67.4 Å². The summed E-state index contributed by atoms with van der Waals surface area (Å²) in [5.41, 5.74) is 4.61. The number of carbonyl (C=O) groups excluding carboxylic acids is 1. The molecular formula is C27H35N3O3. The minimum Gasteiger partial charge on any atom is -0.462 e. The fourth-order valence-corrected chi connectivity index (χ4v) is 4.89. The number of rotatable bonds is 8. The van der Waals surface area contributed by atoms with Gasteiger partial charge in [0.1, 0.15) is 11.9 Å². The van der Waals surface area contributed by atoms with Crippen LogP contribution < -0.4 is 5.56 Å². The summed E-state index contributed by atoms with van der Waals surface area (Å²) in [6.07, 6.45) is 8.63. The van der Waals surface area contributed by atoms with Crippen molar-refractivity contribution in [3.05, 3.63) is 51.9 Å². The summed E-state index contributed by atoms with van der Waals surface area (Å²) in [6.45, 7) is 6.13. The second-order valence-corrected chi connectivity index (χ2v) is 9.93. The fourth-order valence-electron chi connectivity index (χ4n) is 4.89. The van der Waals surface area contributed by atoms with E-state index in [-0.39, 0.29) is 23.6 Å². The number of fused-ring (bicyclic) bond motifs is 1. The number of carbonyl (C=O) groups is 1. The molecule has 0 aliphatic heterocycles. The number of hydrogen-bond donors (Lipinski definition) is 1. The minimum absolute atomic E-state index is 0.0229. The molecule has 176 valence electrons. The van der Waals surface area contributed by atoms with Crippen LogP contribution in [0, 0.1) is 18.8 Å². The Kier molecular flexibility index (Phi) is 7.01. The van der Waals surface area contributed by atoms with Gasteiger partial charge in [-0.2, -0.15) is 0 Å². The average molecular weight is 450 g/mol. The van der Waals surface area contributed by atoms with E-state index in [9.17, 15) is 9.59 Å². The van der Waals surface area contributed by atoms with Crippen molar-refractivity contribution < 1.29 is 9.53 Å². The third-order valence-corrected chi connectivity index (χ3v) is 6.75. The Balaban J connectivity index is 1.50. The number of aromatic nitrogens is 3. The standard InChI is InChI=1S/C27H35N3O3/c1-17(2)13-20(27(32)33-22-7-5-6-8-22)11-9-19-10-12-24-23(15-19)29-25(30(24)4)21-14-18(3)26(31)28-16-21/h10,12,14-17,20,22H,5-9,11,13H2,1-4H3,(H,28,31)/t20-/m0/s1. The number of aromatic amines is 1. The highest BCUT2D eigenvalue weighted by Crippen LogP contribution is 2.27. The SMILES string of the molecule is Cc1cc(-c2nc3cc(CC[C@@H](CC(C)C)C(=O)OC4CCCC4)ccc3n2C)c[nH]c1=O. The van der Waals surface area contributed by atoms with Crippen molar-refractivity contribution in [2.45, 2.75) is 71.8 Å². The van der Waals surface area contributed by atoms with E-state index in [1.807, 2.05) is 17.7 Å². The lowest BCUT2D eigenvalue weighted by atomic mass is 9.91. The summed E-state index contributed by atoms with van der Waals surface area (Å²) < 4.78 is 7.89. The first kappa shape index (κ1) is 23.3. The third kappa shape index (κ3) is 5.37. The Labute approximate surface area is 195 Å². The second-order valence-electron chi connectivity index (χ2n) is 9.93. The van der Waals surface area contributed by atoms with Gasteiger partial charge in [0.05, 0.1) is 17.0 Å². The molecule has 4 rings (SSSR count). The summed E-state index contributed by atoms with van der Waals surface area (Å²) in [6, 6.07) is 8.20. The van der Waals surface area contributed by atoms with Crippen LogP contribution in [0.2, 0.25) is 0 Å². The van der Waals surface area contributed by atoms with Crippen LogP contribution in [0.25, 0.3) is 22.4 Å². The maximum atomic E-state index is 12.9. The zero-order chi connectivity index (χ0) is 23.5. The number of H-pyrrole nitrogens is 1. The molecule has 6 heteroatoms. The zero-order valence-corrected chi connectivity index (χ0v) is 20.2. The lowest BCUT2D eigenvalue weighted by molar-refractivity contribution is -0.154. The minimum atomic E-state index is -0.0813. The molecule has 1 saturated carbocycles. The summed E-state index contributed by atoms with van der Waals surface area (Å²) in [7, 11) is 1.99. The van der Waals surface area contributed by atoms with Crippen molar-refractivity contribution >= 4 is 17.0 Å². The highest BCUT2D eigenvalue weighted by Gasteiger charge is 2.26. The highest BCUT2D eigenvalue weighted by atomic mass is 16.5. The molecule has 0 amide bonds. The van der Waals surface area contributed by atoms with Gasteiger partial charge < -0.3 is 14.3 Å². The predicted molar refractivity (Wildman–Crippen MR) is 131 cm³/mol. The summed E-state index contributed by atoms with van der Waals surface area (Å²) in [5.74, 6) is 1.18. The number of benzene rings is 1. The van der Waals surface area contributed by atoms with Crippen LogP contribution in [0.3, 0.4) is 0 Å². The third-order valence-electron chi connectivity index (χ3n) is 6.75. The Morgan fingerprint density at radius 2 is 2.00 bits per heavy atom. The zero-order valence-electron chi connectivity index (χ0n) is 20.2. The Bertz CT molecular complexity index is 1190. The molecule has 1 N–H and O–H groups in total. The molecule has 6 nitrogen and oxygen atoms in total. The van der Waals surface area contributed by atoms with E-state index in [0.29, 0.717) is 11.5 Å². The maximum Gasteiger partial charge on any atom is 0.309 e. The Morgan fingerprint density at radius 1 is 1.24 bits per heavy atom. The number of hydrogen-bond acceptors (Lipinski definition) is 4. The molecule has 0 unspecified atom stereocenters. The molecule has 1 aliphatic carbocycles. The van der Waals surface area contributed by atoms with Gasteiger partial charge in [0.15, 0.2) is 0 Å². The Hall–Kier alpha value is -2.89. The van der Waals surface area contributed by atoms with Crippen LogP contribution in [-0.2, 0) is 23.0 Å². The fraction of sp³-hybridized carbons (Fsp3) is 0.519. The van der Waals surface area contributed by atoms with Crippen molar-refractivity contribution in [3.8, 4) is 11.4 Å². The number of ether oxygens (including phenoxy) is 1. The number of esters is 1. The van der Waals surface area contributed by atoms with Crippen LogP contribution >= 0.6 is 0 Å². The van der Waals surface area contributed by atoms with Crippen LogP contribution in [-0.4, -0.2) is 26.6 Å². The number of imidazole rings is 1. The van der Waals surface area contributed by atoms with E-state index in [1.54, 1.807) is 13.1 Å². The van der Waals surface area contributed by atoms with Gasteiger partial charge >= 0.3 is 5.97 Å². The molecule has 2 heterocycles. The highest BCUT2D eigenvalue weighted by molar-refractivity contribution is 5.81. The first-order chi connectivity index (χ1) is 15.8. The van der Waals surface area contributed by atoms with Gasteiger partial charge in [-0.1, -0.05) is 19.9 Å². The van der Waals surface area contributed by atoms with Crippen LogP contribution in [0.4, 0.5) is 0 Å². The van der Waals surface area contributed by atoms with Crippen molar-refractivity contribution in [1.29, 1.82) is 0 Å². The molecule has 33 heavy (non-hydrogen) atoms. The number of aryl methyl sites for hydroxylation is 3. The first-order valence-electron chi connectivity index (χ1n) is 12.2. The molecule has 2 aromatic heterocycles. The van der Waals surface area contributed by atoms with Gasteiger partial charge in [-0.3, -0.25) is 9.59 Å². The molecular weight excluding hydrogens is 414 g/mol. The van der Waals surface area contributed by atoms with E-state index >= 15 is 0 Å². The normalized spacial score (nSPS) is 15.4. The summed E-state index contributed by atoms with van der Waals surface area (Å²) in [4.78, 5) is 32.2. The molecule has 1 aromatic carbocycles. The molecule has 1 fully saturated rings. The van der Waals surface area contributed by atoms with E-state index in [4.69, 9.17) is 9.72 Å². The smallest absolute Gasteiger partial charge is 0.309 e. The molecule has 1 aliphatic rings. The summed E-state index contributed by atoms with van der Waals surface area (Å²) in [5, 5.41) is 0. The predicted octanol–water partition coefficient (Wildman–Crippen LogP) is 5.32. The van der Waals surface area contributed by atoms with Gasteiger partial charge in [-0.15, -0.1) is 0 Å². The van der Waals surface area contributed by atoms with Crippen molar-refractivity contribution in [3.63, 3.8) is 0 Å². The van der Waals surface area contributed by atoms with E-state index in [2.05, 4.69) is 37.0 Å². The van der Waals surface area contributed by atoms with Crippen LogP contribution in [0.15, 0.2) is 35.3 Å². The van der Waals surface area contributed by atoms with Crippen molar-refractivity contribution in [2.24, 2.45) is 18.9 Å². The summed E-state index contributed by atoms with van der Waals surface area (Å²) >= 11 is 0. The average Bonchev–Trinajstić information content (AvgIpc) is 3.40. The van der Waals surface area contributed by atoms with Crippen molar-refractivity contribution in [2.75, 3.05) is 0 Å². The number of pyridine rings is 1. The quantitative estimate of drug-likeness (QED) is 0.472. The van der Waals surface area contributed by atoms with Crippen LogP contribution in [0.5, 0.6) is 0 Å². The van der Waals surface area contributed by atoms with Gasteiger partial charge in [-0.05, 0) is 81.5 Å².